The van der Waals surface area contributed by atoms with Crippen LogP contribution in [0.2, 0.25) is 0 Å². The summed E-state index contributed by atoms with van der Waals surface area (Å²) in [5, 5.41) is 8.78. The average Bonchev–Trinajstić information content (AvgIpc) is 2.59. The Balaban J connectivity index is 2.52. The Morgan fingerprint density at radius 1 is 1.40 bits per heavy atom. The molecule has 0 unspecified atom stereocenters. The van der Waals surface area contributed by atoms with E-state index in [9.17, 15) is 9.59 Å². The molecule has 0 atom stereocenters. The number of carboxylic acid groups (broad SMARTS) is 1. The fourth-order valence-electron chi connectivity index (χ4n) is 1.53. The highest BCUT2D eigenvalue weighted by Gasteiger charge is 2.21. The van der Waals surface area contributed by atoms with Crippen LogP contribution in [0.1, 0.15) is 21.5 Å². The van der Waals surface area contributed by atoms with Gasteiger partial charge in [0, 0.05) is 5.56 Å². The molecule has 3 N–H and O–H groups in total. The van der Waals surface area contributed by atoms with Crippen molar-refractivity contribution in [1.82, 2.24) is 0 Å². The maximum Gasteiger partial charge on any atom is 0.335 e. The molecule has 76 valence electrons. The number of amides is 1. The monoisotopic (exact) mass is 204 g/mol. The first-order valence-electron chi connectivity index (χ1n) is 4.30. The first kappa shape index (κ1) is 9.39. The van der Waals surface area contributed by atoms with Crippen molar-refractivity contribution in [2.75, 3.05) is 0 Å². The molecule has 1 aliphatic rings. The molecule has 0 bridgehead atoms. The zero-order valence-electron chi connectivity index (χ0n) is 7.73. The highest BCUT2D eigenvalue weighted by molar-refractivity contribution is 6.45. The highest BCUT2D eigenvalue weighted by atomic mass is 16.4. The minimum atomic E-state index is -1.03. The molecule has 1 aromatic rings. The number of aliphatic imine (C=N–C) groups is 1. The molecule has 0 aliphatic carbocycles. The van der Waals surface area contributed by atoms with E-state index in [1.54, 1.807) is 6.07 Å². The van der Waals surface area contributed by atoms with Crippen molar-refractivity contribution in [3.63, 3.8) is 0 Å². The van der Waals surface area contributed by atoms with Crippen LogP contribution in [0.3, 0.4) is 0 Å². The lowest BCUT2D eigenvalue weighted by atomic mass is 10.0. The van der Waals surface area contributed by atoms with Gasteiger partial charge in [0.1, 0.15) is 5.71 Å². The van der Waals surface area contributed by atoms with Gasteiger partial charge in [-0.05, 0) is 17.7 Å². The van der Waals surface area contributed by atoms with Gasteiger partial charge in [-0.3, -0.25) is 9.79 Å². The molecule has 15 heavy (non-hydrogen) atoms. The number of carbonyl (C=O) groups is 2. The summed E-state index contributed by atoms with van der Waals surface area (Å²) in [5.74, 6) is -1.66. The van der Waals surface area contributed by atoms with Crippen LogP contribution in [0.25, 0.3) is 0 Å². The second kappa shape index (κ2) is 3.20. The van der Waals surface area contributed by atoms with Gasteiger partial charge in [-0.15, -0.1) is 0 Å². The fourth-order valence-corrected chi connectivity index (χ4v) is 1.53. The van der Waals surface area contributed by atoms with E-state index in [-0.39, 0.29) is 11.3 Å². The molecule has 0 aromatic heterocycles. The SMILES string of the molecule is NC(=O)C1=NCc2ccc(C(=O)O)cc21. The number of benzene rings is 1. The van der Waals surface area contributed by atoms with Gasteiger partial charge >= 0.3 is 5.97 Å². The third-order valence-electron chi connectivity index (χ3n) is 2.25. The Labute approximate surface area is 85.2 Å². The van der Waals surface area contributed by atoms with E-state index in [0.717, 1.165) is 5.56 Å². The molecular weight excluding hydrogens is 196 g/mol. The van der Waals surface area contributed by atoms with Crippen molar-refractivity contribution in [3.8, 4) is 0 Å². The van der Waals surface area contributed by atoms with Crippen molar-refractivity contribution in [3.05, 3.63) is 34.9 Å². The number of nitrogens with two attached hydrogens (primary N) is 1. The second-order valence-electron chi connectivity index (χ2n) is 3.21. The number of hydrogen-bond donors (Lipinski definition) is 2. The summed E-state index contributed by atoms with van der Waals surface area (Å²) in [4.78, 5) is 25.7. The first-order valence-corrected chi connectivity index (χ1v) is 4.30. The van der Waals surface area contributed by atoms with Crippen molar-refractivity contribution in [1.29, 1.82) is 0 Å². The Bertz CT molecular complexity index is 491. The Morgan fingerprint density at radius 2 is 2.13 bits per heavy atom. The van der Waals surface area contributed by atoms with Crippen molar-refractivity contribution in [2.45, 2.75) is 6.54 Å². The molecule has 1 aromatic carbocycles. The van der Waals surface area contributed by atoms with Crippen LogP contribution in [-0.2, 0) is 11.3 Å². The predicted molar refractivity (Wildman–Crippen MR) is 52.8 cm³/mol. The van der Waals surface area contributed by atoms with E-state index >= 15 is 0 Å². The topological polar surface area (TPSA) is 92.8 Å². The largest absolute Gasteiger partial charge is 0.478 e. The molecule has 5 nitrogen and oxygen atoms in total. The summed E-state index contributed by atoms with van der Waals surface area (Å²) in [6, 6.07) is 4.56. The molecule has 1 amide bonds. The number of primary amides is 1. The summed E-state index contributed by atoms with van der Waals surface area (Å²) in [5.41, 5.74) is 6.77. The van der Waals surface area contributed by atoms with Gasteiger partial charge in [0.2, 0.25) is 0 Å². The zero-order valence-corrected chi connectivity index (χ0v) is 7.73. The number of nitrogens with zero attached hydrogens (tertiary/aromatic N) is 1. The van der Waals surface area contributed by atoms with Gasteiger partial charge in [-0.25, -0.2) is 4.79 Å². The first-order chi connectivity index (χ1) is 7.09. The molecule has 0 radical (unpaired) electrons. The molecule has 1 aliphatic heterocycles. The van der Waals surface area contributed by atoms with Gasteiger partial charge in [0.05, 0.1) is 12.1 Å². The maximum atomic E-state index is 11.0. The van der Waals surface area contributed by atoms with Crippen molar-refractivity contribution in [2.24, 2.45) is 10.7 Å². The Kier molecular flexibility index (Phi) is 2.00. The van der Waals surface area contributed by atoms with Crippen LogP contribution in [0.4, 0.5) is 0 Å². The van der Waals surface area contributed by atoms with Crippen LogP contribution in [0.5, 0.6) is 0 Å². The number of rotatable bonds is 2. The molecule has 0 spiro atoms. The summed E-state index contributed by atoms with van der Waals surface area (Å²) in [6.45, 7) is 0.382. The molecular formula is C10H8N2O3. The number of fused-ring (bicyclic) bond motifs is 1. The number of aromatic carboxylic acids is 1. The normalized spacial score (nSPS) is 13.2. The quantitative estimate of drug-likeness (QED) is 0.719. The van der Waals surface area contributed by atoms with E-state index in [2.05, 4.69) is 4.99 Å². The van der Waals surface area contributed by atoms with Crippen LogP contribution in [-0.4, -0.2) is 22.7 Å². The summed E-state index contributed by atoms with van der Waals surface area (Å²) >= 11 is 0. The van der Waals surface area contributed by atoms with Crippen molar-refractivity contribution >= 4 is 17.6 Å². The number of carboxylic acids is 1. The summed E-state index contributed by atoms with van der Waals surface area (Å²) in [6.07, 6.45) is 0. The zero-order chi connectivity index (χ0) is 11.0. The summed E-state index contributed by atoms with van der Waals surface area (Å²) < 4.78 is 0. The van der Waals surface area contributed by atoms with Crippen LogP contribution in [0, 0.1) is 0 Å². The smallest absolute Gasteiger partial charge is 0.335 e. The second-order valence-corrected chi connectivity index (χ2v) is 3.21. The molecule has 0 fully saturated rings. The van der Waals surface area contributed by atoms with Gasteiger partial charge in [-0.2, -0.15) is 0 Å². The van der Waals surface area contributed by atoms with Gasteiger partial charge < -0.3 is 10.8 Å². The molecule has 2 rings (SSSR count). The lowest BCUT2D eigenvalue weighted by Crippen LogP contribution is -2.23. The lowest BCUT2D eigenvalue weighted by Gasteiger charge is -2.01. The average molecular weight is 204 g/mol. The van der Waals surface area contributed by atoms with Crippen LogP contribution in [0.15, 0.2) is 23.2 Å². The predicted octanol–water partition coefficient (Wildman–Crippen LogP) is 0.173. The Hall–Kier alpha value is -2.17. The van der Waals surface area contributed by atoms with Crippen LogP contribution < -0.4 is 5.73 Å². The fraction of sp³-hybridized carbons (Fsp3) is 0.100. The summed E-state index contributed by atoms with van der Waals surface area (Å²) in [7, 11) is 0. The standard InChI is InChI=1S/C10H8N2O3/c11-9(13)8-7-3-5(10(14)15)1-2-6(7)4-12-8/h1-3H,4H2,(H2,11,13)(H,14,15). The minimum Gasteiger partial charge on any atom is -0.478 e. The molecule has 0 saturated heterocycles. The third-order valence-corrected chi connectivity index (χ3v) is 2.25. The highest BCUT2D eigenvalue weighted by Crippen LogP contribution is 2.20. The van der Waals surface area contributed by atoms with E-state index in [4.69, 9.17) is 10.8 Å². The molecule has 5 heteroatoms. The van der Waals surface area contributed by atoms with Gasteiger partial charge in [0.15, 0.2) is 0 Å². The van der Waals surface area contributed by atoms with E-state index in [0.29, 0.717) is 12.1 Å². The van der Waals surface area contributed by atoms with Crippen molar-refractivity contribution < 1.29 is 14.7 Å². The Morgan fingerprint density at radius 3 is 2.73 bits per heavy atom. The molecule has 0 saturated carbocycles. The van der Waals surface area contributed by atoms with Gasteiger partial charge in [-0.1, -0.05) is 6.07 Å². The lowest BCUT2D eigenvalue weighted by molar-refractivity contribution is -0.111. The van der Waals surface area contributed by atoms with E-state index in [1.165, 1.54) is 12.1 Å². The van der Waals surface area contributed by atoms with Crippen LogP contribution >= 0.6 is 0 Å². The molecule has 1 heterocycles. The minimum absolute atomic E-state index is 0.129. The third kappa shape index (κ3) is 1.48. The van der Waals surface area contributed by atoms with E-state index < -0.39 is 11.9 Å². The number of hydrogen-bond acceptors (Lipinski definition) is 3. The number of carbonyl (C=O) groups excluding carboxylic acids is 1. The van der Waals surface area contributed by atoms with Gasteiger partial charge in [0.25, 0.3) is 5.91 Å². The maximum absolute atomic E-state index is 11.0. The van der Waals surface area contributed by atoms with E-state index in [1.807, 2.05) is 0 Å².